The van der Waals surface area contributed by atoms with Crippen LogP contribution < -0.4 is 14.8 Å². The first-order valence-corrected chi connectivity index (χ1v) is 11.5. The molecule has 2 aliphatic heterocycles. The fourth-order valence-electron chi connectivity index (χ4n) is 3.65. The number of amides is 2. The number of aromatic nitrogens is 3. The average Bonchev–Trinajstić information content (AvgIpc) is 3.32. The molecule has 0 aliphatic carbocycles. The Morgan fingerprint density at radius 3 is 2.90 bits per heavy atom. The van der Waals surface area contributed by atoms with Crippen molar-refractivity contribution >= 4 is 29.3 Å². The lowest BCUT2D eigenvalue weighted by molar-refractivity contribution is -0.131. The molecule has 31 heavy (non-hydrogen) atoms. The van der Waals surface area contributed by atoms with E-state index in [1.807, 2.05) is 23.3 Å². The Labute approximate surface area is 185 Å². The number of hydrogen-bond donors (Lipinski definition) is 1. The third kappa shape index (κ3) is 4.95. The Morgan fingerprint density at radius 1 is 1.23 bits per heavy atom. The molecule has 4 rings (SSSR count). The summed E-state index contributed by atoms with van der Waals surface area (Å²) in [6.07, 6.45) is 3.65. The molecule has 2 aliphatic rings. The van der Waals surface area contributed by atoms with Gasteiger partial charge in [-0.05, 0) is 38.8 Å². The fraction of sp³-hybridized carbons (Fsp3) is 0.524. The van der Waals surface area contributed by atoms with Gasteiger partial charge in [0, 0.05) is 31.3 Å². The maximum absolute atomic E-state index is 12.7. The molecular weight excluding hydrogens is 418 g/mol. The number of rotatable bonds is 7. The predicted octanol–water partition coefficient (Wildman–Crippen LogP) is 3.05. The van der Waals surface area contributed by atoms with E-state index in [4.69, 9.17) is 9.47 Å². The van der Waals surface area contributed by atoms with Crippen molar-refractivity contribution < 1.29 is 19.1 Å². The molecule has 9 nitrogen and oxygen atoms in total. The van der Waals surface area contributed by atoms with Crippen molar-refractivity contribution in [3.05, 3.63) is 24.0 Å². The van der Waals surface area contributed by atoms with E-state index in [1.165, 1.54) is 11.8 Å². The highest BCUT2D eigenvalue weighted by molar-refractivity contribution is 8.00. The molecular formula is C21H27N5O4S. The van der Waals surface area contributed by atoms with E-state index in [2.05, 4.69) is 15.5 Å². The second-order valence-corrected chi connectivity index (χ2v) is 8.89. The third-order valence-corrected chi connectivity index (χ3v) is 6.49. The Balaban J connectivity index is 1.40. The fourth-order valence-corrected chi connectivity index (χ4v) is 4.58. The lowest BCUT2D eigenvalue weighted by Crippen LogP contribution is -2.31. The van der Waals surface area contributed by atoms with Crippen molar-refractivity contribution in [2.45, 2.75) is 63.0 Å². The van der Waals surface area contributed by atoms with Gasteiger partial charge in [-0.2, -0.15) is 0 Å². The number of likely N-dealkylation sites (tertiary alicyclic amines) is 1. The van der Waals surface area contributed by atoms with Crippen LogP contribution in [0.25, 0.3) is 0 Å². The van der Waals surface area contributed by atoms with Crippen LogP contribution in [0, 0.1) is 0 Å². The van der Waals surface area contributed by atoms with Crippen LogP contribution in [0.3, 0.4) is 0 Å². The molecule has 10 heteroatoms. The zero-order valence-corrected chi connectivity index (χ0v) is 18.6. The van der Waals surface area contributed by atoms with Crippen molar-refractivity contribution in [3.8, 4) is 11.5 Å². The summed E-state index contributed by atoms with van der Waals surface area (Å²) in [7, 11) is 0. The maximum atomic E-state index is 12.7. The number of ether oxygens (including phenoxy) is 2. The summed E-state index contributed by atoms with van der Waals surface area (Å²) in [4.78, 5) is 26.9. The first-order chi connectivity index (χ1) is 15.0. The number of nitrogens with zero attached hydrogens (tertiary/aromatic N) is 4. The summed E-state index contributed by atoms with van der Waals surface area (Å²) in [6.45, 7) is 5.92. The molecule has 1 aromatic carbocycles. The van der Waals surface area contributed by atoms with Crippen molar-refractivity contribution in [1.82, 2.24) is 19.7 Å². The van der Waals surface area contributed by atoms with E-state index in [-0.39, 0.29) is 23.9 Å². The Morgan fingerprint density at radius 2 is 2.06 bits per heavy atom. The van der Waals surface area contributed by atoms with Gasteiger partial charge in [0.25, 0.3) is 0 Å². The Hall–Kier alpha value is -2.75. The number of carbonyl (C=O) groups is 2. The number of fused-ring (bicyclic) bond motifs is 1. The van der Waals surface area contributed by atoms with Crippen molar-refractivity contribution in [3.63, 3.8) is 0 Å². The van der Waals surface area contributed by atoms with Gasteiger partial charge >= 0.3 is 0 Å². The molecule has 0 spiro atoms. The van der Waals surface area contributed by atoms with E-state index in [0.717, 1.165) is 31.6 Å². The first kappa shape index (κ1) is 21.5. The summed E-state index contributed by atoms with van der Waals surface area (Å²) in [6, 6.07) is 5.32. The van der Waals surface area contributed by atoms with Crippen LogP contribution in [-0.4, -0.2) is 50.1 Å². The molecule has 1 aromatic heterocycles. The standard InChI is InChI=1S/C21H27N5O4S/c1-3-26-18(12-25-10-6-4-5-7-19(25)27)23-24-21(26)31-14(2)20(28)22-15-8-9-16-17(11-15)30-13-29-16/h8-9,11,14H,3-7,10,12-13H2,1-2H3,(H,22,28)/t14-/m1/s1. The van der Waals surface area contributed by atoms with Crippen LogP contribution in [0.1, 0.15) is 45.4 Å². The lowest BCUT2D eigenvalue weighted by atomic mass is 10.2. The monoisotopic (exact) mass is 445 g/mol. The Kier molecular flexibility index (Phi) is 6.64. The smallest absolute Gasteiger partial charge is 0.237 e. The zero-order chi connectivity index (χ0) is 21.8. The molecule has 2 amide bonds. The topological polar surface area (TPSA) is 98.6 Å². The molecule has 1 atom stereocenters. The zero-order valence-electron chi connectivity index (χ0n) is 17.8. The average molecular weight is 446 g/mol. The molecule has 1 saturated heterocycles. The van der Waals surface area contributed by atoms with E-state index in [1.54, 1.807) is 18.2 Å². The number of carbonyl (C=O) groups excluding carboxylic acids is 2. The number of benzene rings is 1. The summed E-state index contributed by atoms with van der Waals surface area (Å²) in [5, 5.41) is 11.8. The van der Waals surface area contributed by atoms with E-state index in [9.17, 15) is 9.59 Å². The highest BCUT2D eigenvalue weighted by atomic mass is 32.2. The van der Waals surface area contributed by atoms with Crippen molar-refractivity contribution in [2.75, 3.05) is 18.7 Å². The predicted molar refractivity (Wildman–Crippen MR) is 116 cm³/mol. The highest BCUT2D eigenvalue weighted by Gasteiger charge is 2.23. The van der Waals surface area contributed by atoms with Gasteiger partial charge in [-0.1, -0.05) is 18.2 Å². The van der Waals surface area contributed by atoms with Crippen LogP contribution >= 0.6 is 11.8 Å². The minimum atomic E-state index is -0.382. The van der Waals surface area contributed by atoms with Gasteiger partial charge in [-0.25, -0.2) is 0 Å². The molecule has 1 N–H and O–H groups in total. The molecule has 0 unspecified atom stereocenters. The minimum absolute atomic E-state index is 0.140. The molecule has 1 fully saturated rings. The minimum Gasteiger partial charge on any atom is -0.454 e. The van der Waals surface area contributed by atoms with Gasteiger partial charge < -0.3 is 24.3 Å². The highest BCUT2D eigenvalue weighted by Crippen LogP contribution is 2.34. The van der Waals surface area contributed by atoms with Crippen LogP contribution in [-0.2, 0) is 22.7 Å². The molecule has 3 heterocycles. The largest absolute Gasteiger partial charge is 0.454 e. The quantitative estimate of drug-likeness (QED) is 0.654. The van der Waals surface area contributed by atoms with Gasteiger partial charge in [0.2, 0.25) is 18.6 Å². The van der Waals surface area contributed by atoms with Crippen molar-refractivity contribution in [1.29, 1.82) is 0 Å². The van der Waals surface area contributed by atoms with Crippen LogP contribution in [0.5, 0.6) is 11.5 Å². The summed E-state index contributed by atoms with van der Waals surface area (Å²) < 4.78 is 12.6. The summed E-state index contributed by atoms with van der Waals surface area (Å²) >= 11 is 1.35. The summed E-state index contributed by atoms with van der Waals surface area (Å²) in [5.74, 6) is 2.08. The maximum Gasteiger partial charge on any atom is 0.237 e. The molecule has 2 aromatic rings. The van der Waals surface area contributed by atoms with Crippen LogP contribution in [0.15, 0.2) is 23.4 Å². The van der Waals surface area contributed by atoms with Gasteiger partial charge in [0.1, 0.15) is 0 Å². The number of nitrogens with one attached hydrogen (secondary N) is 1. The number of anilines is 1. The van der Waals surface area contributed by atoms with Crippen molar-refractivity contribution in [2.24, 2.45) is 0 Å². The first-order valence-electron chi connectivity index (χ1n) is 10.6. The van der Waals surface area contributed by atoms with Gasteiger partial charge in [-0.15, -0.1) is 10.2 Å². The number of thioether (sulfide) groups is 1. The van der Waals surface area contributed by atoms with Crippen LogP contribution in [0.4, 0.5) is 5.69 Å². The van der Waals surface area contributed by atoms with Gasteiger partial charge in [-0.3, -0.25) is 9.59 Å². The third-order valence-electron chi connectivity index (χ3n) is 5.40. The second-order valence-electron chi connectivity index (χ2n) is 7.59. The molecule has 0 bridgehead atoms. The Bertz CT molecular complexity index is 963. The van der Waals surface area contributed by atoms with E-state index in [0.29, 0.717) is 41.9 Å². The lowest BCUT2D eigenvalue weighted by Gasteiger charge is -2.20. The molecule has 166 valence electrons. The van der Waals surface area contributed by atoms with Gasteiger partial charge in [0.15, 0.2) is 22.5 Å². The molecule has 0 radical (unpaired) electrons. The van der Waals surface area contributed by atoms with E-state index < -0.39 is 0 Å². The second kappa shape index (κ2) is 9.59. The summed E-state index contributed by atoms with van der Waals surface area (Å²) in [5.41, 5.74) is 0.652. The molecule has 0 saturated carbocycles. The van der Waals surface area contributed by atoms with Crippen LogP contribution in [0.2, 0.25) is 0 Å². The van der Waals surface area contributed by atoms with Gasteiger partial charge in [0.05, 0.1) is 11.8 Å². The van der Waals surface area contributed by atoms with E-state index >= 15 is 0 Å². The SMILES string of the molecule is CCn1c(CN2CCCCCC2=O)nnc1S[C@H](C)C(=O)Nc1ccc2c(c1)OCO2. The normalized spacial score (nSPS) is 16.8. The number of hydrogen-bond acceptors (Lipinski definition) is 7.